The highest BCUT2D eigenvalue weighted by atomic mass is 31.2. The highest BCUT2D eigenvalue weighted by Gasteiger charge is 2.39. The Balaban J connectivity index is 2.19. The number of carbonyl (C=O) groups is 7. The standard InChI is InChI=1S/C37H61N10O12P/c1-20(2)17-25(43-34(52)29(21(3)4)46-30(48)24(38)13-9-15-41-37(39)40)31(49)45-27(19-59-60(56,57)58)32(50)42-22(5)35(53)47-16-10-14-28(47)33(51)44-26(36(54)55)18-23-11-7-6-8-12-23/h6-8,11-12,20-22,24-29H,9-10,13-19,38H2,1-5H3,(H,42,50)(H,43,52)(H,44,51)(H,45,49)(H,46,48)(H,54,55)(H4,39,40,41)(H2,56,57,58)/t22-,24-,25-,26-,27-,28-,29-/m0/s1. The molecule has 14 N–H and O–H groups in total. The molecule has 0 radical (unpaired) electrons. The van der Waals surface area contributed by atoms with Crippen LogP contribution in [0.2, 0.25) is 0 Å². The summed E-state index contributed by atoms with van der Waals surface area (Å²) in [5.41, 5.74) is 17.3. The molecule has 0 bridgehead atoms. The maximum Gasteiger partial charge on any atom is 0.469 e. The van der Waals surface area contributed by atoms with E-state index in [-0.39, 0.29) is 50.7 Å². The average Bonchev–Trinajstić information content (AvgIpc) is 3.66. The third kappa shape index (κ3) is 17.6. The van der Waals surface area contributed by atoms with Crippen LogP contribution in [-0.2, 0) is 49.1 Å². The number of benzene rings is 1. The van der Waals surface area contributed by atoms with E-state index in [1.165, 1.54) is 11.8 Å². The Bertz CT molecular complexity index is 1720. The predicted octanol–water partition coefficient (Wildman–Crippen LogP) is -2.06. The quantitative estimate of drug-likeness (QED) is 0.0230. The van der Waals surface area contributed by atoms with Crippen molar-refractivity contribution in [1.82, 2.24) is 31.5 Å². The largest absolute Gasteiger partial charge is 0.480 e. The van der Waals surface area contributed by atoms with Crippen LogP contribution in [0.1, 0.15) is 72.3 Å². The number of phosphoric acid groups is 1. The summed E-state index contributed by atoms with van der Waals surface area (Å²) in [7, 11) is -5.19. The van der Waals surface area contributed by atoms with E-state index in [9.17, 15) is 53.0 Å². The molecule has 2 rings (SSSR count). The van der Waals surface area contributed by atoms with Crippen LogP contribution in [0.15, 0.2) is 35.3 Å². The van der Waals surface area contributed by atoms with Crippen molar-refractivity contribution in [1.29, 1.82) is 0 Å². The predicted molar refractivity (Wildman–Crippen MR) is 218 cm³/mol. The van der Waals surface area contributed by atoms with Gasteiger partial charge in [-0.3, -0.25) is 38.3 Å². The molecule has 1 aromatic rings. The van der Waals surface area contributed by atoms with Gasteiger partial charge in [-0.15, -0.1) is 0 Å². The number of carboxylic acids is 1. The molecule has 0 aliphatic carbocycles. The van der Waals surface area contributed by atoms with Gasteiger partial charge in [-0.1, -0.05) is 58.0 Å². The van der Waals surface area contributed by atoms with Crippen LogP contribution >= 0.6 is 7.82 Å². The first-order valence-corrected chi connectivity index (χ1v) is 21.1. The van der Waals surface area contributed by atoms with Crippen molar-refractivity contribution in [2.75, 3.05) is 19.7 Å². The third-order valence-electron chi connectivity index (χ3n) is 9.40. The minimum Gasteiger partial charge on any atom is -0.480 e. The number of phosphoric ester groups is 1. The van der Waals surface area contributed by atoms with Crippen LogP contribution in [0.4, 0.5) is 0 Å². The van der Waals surface area contributed by atoms with E-state index < -0.39 is 104 Å². The lowest BCUT2D eigenvalue weighted by atomic mass is 9.99. The molecule has 1 aromatic carbocycles. The van der Waals surface area contributed by atoms with Gasteiger partial charge in [-0.05, 0) is 56.4 Å². The molecule has 1 saturated heterocycles. The molecule has 336 valence electrons. The smallest absolute Gasteiger partial charge is 0.469 e. The highest BCUT2D eigenvalue weighted by Crippen LogP contribution is 2.35. The van der Waals surface area contributed by atoms with Crippen molar-refractivity contribution in [2.24, 2.45) is 34.0 Å². The summed E-state index contributed by atoms with van der Waals surface area (Å²) in [6, 6.07) is -0.344. The Morgan fingerprint density at radius 2 is 1.48 bits per heavy atom. The zero-order valence-corrected chi connectivity index (χ0v) is 35.4. The molecule has 22 nitrogen and oxygen atoms in total. The number of aliphatic imine (C=N–C) groups is 1. The van der Waals surface area contributed by atoms with Crippen LogP contribution in [0.25, 0.3) is 0 Å². The number of hydrogen-bond donors (Lipinski definition) is 11. The number of guanidine groups is 1. The lowest BCUT2D eigenvalue weighted by molar-refractivity contribution is -0.144. The molecule has 1 heterocycles. The Morgan fingerprint density at radius 1 is 0.867 bits per heavy atom. The van der Waals surface area contributed by atoms with Gasteiger partial charge in [0.1, 0.15) is 36.3 Å². The number of hydrogen-bond acceptors (Lipinski definition) is 11. The number of rotatable bonds is 24. The summed E-state index contributed by atoms with van der Waals surface area (Å²) in [5.74, 6) is -6.94. The van der Waals surface area contributed by atoms with Gasteiger partial charge in [0.05, 0.1) is 12.6 Å². The van der Waals surface area contributed by atoms with Gasteiger partial charge in [0.2, 0.25) is 35.4 Å². The first-order valence-electron chi connectivity index (χ1n) is 19.6. The topological polar surface area (TPSA) is 360 Å². The number of carboxylic acid groups (broad SMARTS) is 1. The van der Waals surface area contributed by atoms with Gasteiger partial charge in [-0.25, -0.2) is 9.36 Å². The molecular weight excluding hydrogens is 807 g/mol. The number of nitrogens with zero attached hydrogens (tertiary/aromatic N) is 2. The van der Waals surface area contributed by atoms with E-state index in [4.69, 9.17) is 17.2 Å². The van der Waals surface area contributed by atoms with Crippen LogP contribution in [0.5, 0.6) is 0 Å². The lowest BCUT2D eigenvalue weighted by Crippen LogP contribution is -2.60. The molecule has 6 amide bonds. The van der Waals surface area contributed by atoms with Gasteiger partial charge in [0.25, 0.3) is 0 Å². The number of aliphatic carboxylic acids is 1. The van der Waals surface area contributed by atoms with E-state index in [2.05, 4.69) is 36.1 Å². The Kier molecular flexibility index (Phi) is 20.6. The minimum absolute atomic E-state index is 0.00619. The second kappa shape index (κ2) is 24.2. The summed E-state index contributed by atoms with van der Waals surface area (Å²) < 4.78 is 16.2. The van der Waals surface area contributed by atoms with Crippen molar-refractivity contribution >= 4 is 55.2 Å². The molecule has 23 heteroatoms. The van der Waals surface area contributed by atoms with Crippen molar-refractivity contribution in [3.63, 3.8) is 0 Å². The first-order chi connectivity index (χ1) is 28.0. The van der Waals surface area contributed by atoms with Gasteiger partial charge in [0.15, 0.2) is 5.96 Å². The second-order valence-electron chi connectivity index (χ2n) is 15.3. The molecule has 1 fully saturated rings. The maximum atomic E-state index is 13.7. The molecule has 1 aliphatic heterocycles. The summed E-state index contributed by atoms with van der Waals surface area (Å²) >= 11 is 0. The van der Waals surface area contributed by atoms with E-state index >= 15 is 0 Å². The Morgan fingerprint density at radius 3 is 2.05 bits per heavy atom. The summed E-state index contributed by atoms with van der Waals surface area (Å²) in [4.78, 5) is 116. The Labute approximate surface area is 348 Å². The summed E-state index contributed by atoms with van der Waals surface area (Å²) in [6.07, 6.45) is 1.21. The van der Waals surface area contributed by atoms with Crippen LogP contribution < -0.4 is 43.8 Å². The van der Waals surface area contributed by atoms with E-state index in [1.807, 2.05) is 0 Å². The van der Waals surface area contributed by atoms with Crippen molar-refractivity contribution < 1.29 is 57.5 Å². The molecule has 1 aliphatic rings. The van der Waals surface area contributed by atoms with Crippen molar-refractivity contribution in [3.05, 3.63) is 35.9 Å². The molecular formula is C37H61N10O12P. The van der Waals surface area contributed by atoms with E-state index in [1.54, 1.807) is 58.0 Å². The van der Waals surface area contributed by atoms with E-state index in [0.717, 1.165) is 0 Å². The molecule has 0 aromatic heterocycles. The van der Waals surface area contributed by atoms with Crippen LogP contribution in [0, 0.1) is 11.8 Å². The fraction of sp³-hybridized carbons (Fsp3) is 0.622. The van der Waals surface area contributed by atoms with Crippen molar-refractivity contribution in [3.8, 4) is 0 Å². The molecule has 7 atom stereocenters. The maximum absolute atomic E-state index is 13.7. The van der Waals surface area contributed by atoms with Gasteiger partial charge in [-0.2, -0.15) is 0 Å². The van der Waals surface area contributed by atoms with Gasteiger partial charge in [0, 0.05) is 19.5 Å². The van der Waals surface area contributed by atoms with Gasteiger partial charge < -0.3 is 63.6 Å². The van der Waals surface area contributed by atoms with Crippen LogP contribution in [-0.4, -0.2) is 129 Å². The summed E-state index contributed by atoms with van der Waals surface area (Å²) in [5, 5.41) is 22.2. The monoisotopic (exact) mass is 868 g/mol. The fourth-order valence-corrected chi connectivity index (χ4v) is 6.63. The number of amides is 6. The Hall–Kier alpha value is -5.15. The molecule has 0 spiro atoms. The fourth-order valence-electron chi connectivity index (χ4n) is 6.28. The minimum atomic E-state index is -5.19. The zero-order valence-electron chi connectivity index (χ0n) is 34.5. The van der Waals surface area contributed by atoms with Gasteiger partial charge >= 0.3 is 13.8 Å². The van der Waals surface area contributed by atoms with E-state index in [0.29, 0.717) is 18.4 Å². The number of nitrogens with one attached hydrogen (secondary N) is 5. The highest BCUT2D eigenvalue weighted by molar-refractivity contribution is 7.46. The second-order valence-corrected chi connectivity index (χ2v) is 16.6. The number of likely N-dealkylation sites (tertiary alicyclic amines) is 1. The van der Waals surface area contributed by atoms with Crippen LogP contribution in [0.3, 0.4) is 0 Å². The normalized spacial score (nSPS) is 17.0. The zero-order chi connectivity index (χ0) is 45.3. The SMILES string of the molecule is CC(C)C[C@H](NC(=O)[C@@H](NC(=O)[C@@H](N)CCCN=C(N)N)C(C)C)C(=O)N[C@@H](COP(=O)(O)O)C(=O)N[C@@H](C)C(=O)N1CCC[C@H]1C(=O)N[C@@H](Cc1ccccc1)C(=O)O. The number of carbonyl (C=O) groups excluding carboxylic acids is 6. The number of nitrogens with two attached hydrogens (primary N) is 3. The molecule has 60 heavy (non-hydrogen) atoms. The molecule has 0 unspecified atom stereocenters. The third-order valence-corrected chi connectivity index (χ3v) is 9.88. The lowest BCUT2D eigenvalue weighted by Gasteiger charge is -2.30. The van der Waals surface area contributed by atoms with Crippen molar-refractivity contribution in [2.45, 2.75) is 115 Å². The molecule has 0 saturated carbocycles. The average molecular weight is 869 g/mol. The first kappa shape index (κ1) is 51.0. The summed E-state index contributed by atoms with van der Waals surface area (Å²) in [6.45, 7) is 7.40.